The van der Waals surface area contributed by atoms with Crippen molar-refractivity contribution in [2.45, 2.75) is 44.4 Å². The van der Waals surface area contributed by atoms with Gasteiger partial charge < -0.3 is 0 Å². The normalized spacial score (nSPS) is 17.2. The molecule has 1 saturated heterocycles. The van der Waals surface area contributed by atoms with Crippen molar-refractivity contribution < 1.29 is 8.42 Å². The number of hydrogen-bond acceptors (Lipinski definition) is 5. The van der Waals surface area contributed by atoms with Crippen molar-refractivity contribution >= 4 is 15.7 Å². The number of fused-ring (bicyclic) bond motifs is 1. The molecule has 0 unspecified atom stereocenters. The average Bonchev–Trinajstić information content (AvgIpc) is 3.20. The van der Waals surface area contributed by atoms with Crippen LogP contribution in [0.1, 0.15) is 41.3 Å². The van der Waals surface area contributed by atoms with Gasteiger partial charge in [-0.05, 0) is 56.7 Å². The van der Waals surface area contributed by atoms with Crippen LogP contribution in [-0.2, 0) is 10.0 Å². The van der Waals surface area contributed by atoms with E-state index in [9.17, 15) is 8.42 Å². The van der Waals surface area contributed by atoms with Crippen LogP contribution in [0.2, 0.25) is 0 Å². The molecule has 0 aliphatic carbocycles. The molecule has 26 heavy (non-hydrogen) atoms. The molecule has 1 aliphatic rings. The van der Waals surface area contributed by atoms with E-state index in [1.807, 2.05) is 12.3 Å². The van der Waals surface area contributed by atoms with Crippen molar-refractivity contribution in [3.8, 4) is 0 Å². The first kappa shape index (κ1) is 17.2. The molecular weight excluding hydrogens is 352 g/mol. The van der Waals surface area contributed by atoms with Crippen molar-refractivity contribution in [2.24, 2.45) is 0 Å². The predicted octanol–water partition coefficient (Wildman–Crippen LogP) is 1.95. The summed E-state index contributed by atoms with van der Waals surface area (Å²) in [5, 5.41) is 11.0. The minimum Gasteiger partial charge on any atom is -0.281 e. The van der Waals surface area contributed by atoms with E-state index >= 15 is 0 Å². The Morgan fingerprint density at radius 2 is 1.92 bits per heavy atom. The molecule has 8 nitrogen and oxygen atoms in total. The van der Waals surface area contributed by atoms with Crippen LogP contribution in [0.25, 0.3) is 5.65 Å². The number of aromatic nitrogens is 5. The van der Waals surface area contributed by atoms with Crippen LogP contribution in [0.5, 0.6) is 0 Å². The van der Waals surface area contributed by atoms with Crippen LogP contribution < -0.4 is 0 Å². The Morgan fingerprint density at radius 3 is 2.58 bits per heavy atom. The van der Waals surface area contributed by atoms with E-state index in [-0.39, 0.29) is 0 Å². The maximum Gasteiger partial charge on any atom is 0.246 e. The second-order valence-electron chi connectivity index (χ2n) is 6.92. The Morgan fingerprint density at radius 1 is 1.19 bits per heavy atom. The lowest BCUT2D eigenvalue weighted by molar-refractivity contribution is 0.318. The number of aromatic amines is 1. The van der Waals surface area contributed by atoms with Crippen molar-refractivity contribution in [3.05, 3.63) is 41.1 Å². The average molecular weight is 374 g/mol. The number of piperidine rings is 1. The van der Waals surface area contributed by atoms with E-state index in [1.54, 1.807) is 29.0 Å². The molecule has 1 aliphatic heterocycles. The van der Waals surface area contributed by atoms with E-state index in [0.29, 0.717) is 35.3 Å². The molecule has 3 aromatic heterocycles. The van der Waals surface area contributed by atoms with Crippen LogP contribution in [0, 0.1) is 20.8 Å². The van der Waals surface area contributed by atoms with Gasteiger partial charge in [-0.1, -0.05) is 0 Å². The van der Waals surface area contributed by atoms with E-state index in [4.69, 9.17) is 0 Å². The summed E-state index contributed by atoms with van der Waals surface area (Å²) in [5.74, 6) is 0.321. The molecule has 4 heterocycles. The summed E-state index contributed by atoms with van der Waals surface area (Å²) in [6.45, 7) is 6.55. The smallest absolute Gasteiger partial charge is 0.246 e. The van der Waals surface area contributed by atoms with Gasteiger partial charge in [-0.25, -0.2) is 17.9 Å². The van der Waals surface area contributed by atoms with Gasteiger partial charge >= 0.3 is 0 Å². The highest BCUT2D eigenvalue weighted by Gasteiger charge is 2.33. The summed E-state index contributed by atoms with van der Waals surface area (Å²) in [5.41, 5.74) is 4.34. The van der Waals surface area contributed by atoms with Gasteiger partial charge in [-0.3, -0.25) is 5.10 Å². The fourth-order valence-electron chi connectivity index (χ4n) is 3.86. The fraction of sp³-hybridized carbons (Fsp3) is 0.471. The van der Waals surface area contributed by atoms with E-state index in [1.165, 1.54) is 11.1 Å². The molecule has 0 aromatic carbocycles. The molecule has 0 saturated carbocycles. The molecule has 0 amide bonds. The van der Waals surface area contributed by atoms with E-state index < -0.39 is 10.0 Å². The van der Waals surface area contributed by atoms with Crippen LogP contribution in [0.3, 0.4) is 0 Å². The number of aryl methyl sites for hydroxylation is 3. The number of hydrogen-bond donors (Lipinski definition) is 1. The Kier molecular flexibility index (Phi) is 4.07. The van der Waals surface area contributed by atoms with Gasteiger partial charge in [0.05, 0.1) is 11.4 Å². The first-order valence-electron chi connectivity index (χ1n) is 8.69. The summed E-state index contributed by atoms with van der Waals surface area (Å²) >= 11 is 0. The largest absolute Gasteiger partial charge is 0.281 e. The Bertz CT molecular complexity index is 1040. The third kappa shape index (κ3) is 2.71. The summed E-state index contributed by atoms with van der Waals surface area (Å²) in [4.78, 5) is 4.53. The fourth-order valence-corrected chi connectivity index (χ4v) is 5.66. The van der Waals surface area contributed by atoms with Gasteiger partial charge in [0.15, 0.2) is 5.65 Å². The first-order valence-corrected chi connectivity index (χ1v) is 10.1. The van der Waals surface area contributed by atoms with E-state index in [2.05, 4.69) is 27.2 Å². The Labute approximate surface area is 152 Å². The zero-order valence-corrected chi connectivity index (χ0v) is 15.9. The molecule has 0 spiro atoms. The van der Waals surface area contributed by atoms with Crippen LogP contribution in [0.15, 0.2) is 23.5 Å². The SMILES string of the molecule is Cc1cc2ncnn2cc1C1CCN(S(=O)(=O)c2c(C)n[nH]c2C)CC1. The van der Waals surface area contributed by atoms with Gasteiger partial charge in [0.25, 0.3) is 0 Å². The molecule has 0 radical (unpaired) electrons. The van der Waals surface area contributed by atoms with Crippen LogP contribution in [-0.4, -0.2) is 50.6 Å². The highest BCUT2D eigenvalue weighted by atomic mass is 32.2. The van der Waals surface area contributed by atoms with Crippen molar-refractivity contribution in [1.29, 1.82) is 0 Å². The second kappa shape index (κ2) is 6.17. The predicted molar refractivity (Wildman–Crippen MR) is 96.5 cm³/mol. The number of rotatable bonds is 3. The summed E-state index contributed by atoms with van der Waals surface area (Å²) in [6.07, 6.45) is 5.15. The summed E-state index contributed by atoms with van der Waals surface area (Å²) in [6, 6.07) is 2.03. The summed E-state index contributed by atoms with van der Waals surface area (Å²) < 4.78 is 29.3. The minimum absolute atomic E-state index is 0.316. The second-order valence-corrected chi connectivity index (χ2v) is 8.79. The number of pyridine rings is 1. The van der Waals surface area contributed by atoms with Crippen LogP contribution >= 0.6 is 0 Å². The maximum absolute atomic E-state index is 13.0. The number of nitrogens with zero attached hydrogens (tertiary/aromatic N) is 5. The molecule has 0 atom stereocenters. The zero-order valence-electron chi connectivity index (χ0n) is 15.1. The molecule has 1 fully saturated rings. The maximum atomic E-state index is 13.0. The Hall–Kier alpha value is -2.26. The molecular formula is C17H22N6O2S. The lowest BCUT2D eigenvalue weighted by Crippen LogP contribution is -2.38. The van der Waals surface area contributed by atoms with Gasteiger partial charge in [-0.2, -0.15) is 14.5 Å². The van der Waals surface area contributed by atoms with Gasteiger partial charge in [0.1, 0.15) is 11.2 Å². The molecule has 3 aromatic rings. The van der Waals surface area contributed by atoms with Gasteiger partial charge in [0.2, 0.25) is 10.0 Å². The van der Waals surface area contributed by atoms with Gasteiger partial charge in [0, 0.05) is 19.3 Å². The first-order chi connectivity index (χ1) is 12.4. The van der Waals surface area contributed by atoms with Crippen molar-refractivity contribution in [2.75, 3.05) is 13.1 Å². The lowest BCUT2D eigenvalue weighted by atomic mass is 9.89. The number of H-pyrrole nitrogens is 1. The number of sulfonamides is 1. The highest BCUT2D eigenvalue weighted by Crippen LogP contribution is 2.33. The van der Waals surface area contributed by atoms with Crippen molar-refractivity contribution in [1.82, 2.24) is 29.1 Å². The molecule has 0 bridgehead atoms. The number of nitrogens with one attached hydrogen (secondary N) is 1. The molecule has 1 N–H and O–H groups in total. The third-order valence-corrected chi connectivity index (χ3v) is 7.38. The van der Waals surface area contributed by atoms with Crippen LogP contribution in [0.4, 0.5) is 0 Å². The van der Waals surface area contributed by atoms with Crippen molar-refractivity contribution in [3.63, 3.8) is 0 Å². The lowest BCUT2D eigenvalue weighted by Gasteiger charge is -2.32. The monoisotopic (exact) mass is 374 g/mol. The molecule has 138 valence electrons. The quantitative estimate of drug-likeness (QED) is 0.756. The highest BCUT2D eigenvalue weighted by molar-refractivity contribution is 7.89. The zero-order chi connectivity index (χ0) is 18.5. The third-order valence-electron chi connectivity index (χ3n) is 5.22. The Balaban J connectivity index is 1.56. The molecule has 4 rings (SSSR count). The van der Waals surface area contributed by atoms with E-state index in [0.717, 1.165) is 18.5 Å². The topological polar surface area (TPSA) is 96.2 Å². The summed E-state index contributed by atoms with van der Waals surface area (Å²) in [7, 11) is -3.51. The standard InChI is InChI=1S/C17H22N6O2S/c1-11-8-16-18-10-19-23(16)9-15(11)14-4-6-22(7-5-14)26(24,25)17-12(2)20-21-13(17)3/h8-10,14H,4-7H2,1-3H3,(H,20,21). The molecule has 9 heteroatoms. The van der Waals surface area contributed by atoms with Gasteiger partial charge in [-0.15, -0.1) is 0 Å². The minimum atomic E-state index is -3.51.